The topological polar surface area (TPSA) is 33.3 Å². The Hall–Kier alpha value is -0.720. The van der Waals surface area contributed by atoms with Crippen molar-refractivity contribution >= 4 is 38.9 Å². The van der Waals surface area contributed by atoms with Gasteiger partial charge in [-0.1, -0.05) is 0 Å². The first-order valence-corrected chi connectivity index (χ1v) is 6.66. The quantitative estimate of drug-likeness (QED) is 0.828. The number of ether oxygens (including phenoxy) is 1. The Balaban J connectivity index is 2.67. The number of aryl methyl sites for hydroxylation is 1. The fourth-order valence-corrected chi connectivity index (χ4v) is 2.11. The van der Waals surface area contributed by atoms with E-state index in [2.05, 4.69) is 26.6 Å². The van der Waals surface area contributed by atoms with Crippen molar-refractivity contribution in [2.45, 2.75) is 19.9 Å². The van der Waals surface area contributed by atoms with Crippen LogP contribution >= 0.6 is 28.1 Å². The van der Waals surface area contributed by atoms with E-state index in [1.165, 1.54) is 6.07 Å². The highest BCUT2D eigenvalue weighted by Crippen LogP contribution is 2.24. The number of anilines is 1. The van der Waals surface area contributed by atoms with Crippen LogP contribution in [0.15, 0.2) is 16.6 Å². The maximum Gasteiger partial charge on any atom is 0.171 e. The van der Waals surface area contributed by atoms with Gasteiger partial charge in [-0.25, -0.2) is 4.39 Å². The Kier molecular flexibility index (Phi) is 5.98. The molecule has 1 atom stereocenters. The van der Waals surface area contributed by atoms with Crippen molar-refractivity contribution in [1.82, 2.24) is 5.32 Å². The minimum absolute atomic E-state index is 0.110. The fraction of sp³-hybridized carbons (Fsp3) is 0.417. The lowest BCUT2D eigenvalue weighted by Crippen LogP contribution is -2.38. The van der Waals surface area contributed by atoms with Crippen LogP contribution < -0.4 is 10.6 Å². The predicted molar refractivity (Wildman–Crippen MR) is 79.5 cm³/mol. The van der Waals surface area contributed by atoms with Crippen LogP contribution in [-0.2, 0) is 4.74 Å². The van der Waals surface area contributed by atoms with Crippen LogP contribution in [0.4, 0.5) is 10.1 Å². The van der Waals surface area contributed by atoms with Crippen molar-refractivity contribution in [3.05, 3.63) is 28.0 Å². The molecule has 0 saturated carbocycles. The molecule has 2 N–H and O–H groups in total. The number of methoxy groups -OCH3 is 1. The molecule has 0 aromatic heterocycles. The summed E-state index contributed by atoms with van der Waals surface area (Å²) in [5.74, 6) is -0.287. The third-order valence-corrected chi connectivity index (χ3v) is 3.14. The van der Waals surface area contributed by atoms with E-state index in [0.717, 1.165) is 11.3 Å². The van der Waals surface area contributed by atoms with E-state index in [-0.39, 0.29) is 11.9 Å². The number of halogens is 2. The first-order chi connectivity index (χ1) is 8.43. The number of hydrogen-bond acceptors (Lipinski definition) is 2. The molecule has 3 nitrogen and oxygen atoms in total. The molecule has 6 heteroatoms. The summed E-state index contributed by atoms with van der Waals surface area (Å²) in [6.45, 7) is 4.35. The summed E-state index contributed by atoms with van der Waals surface area (Å²) in [4.78, 5) is 0. The molecule has 0 amide bonds. The van der Waals surface area contributed by atoms with Crippen LogP contribution in [0, 0.1) is 12.7 Å². The van der Waals surface area contributed by atoms with E-state index in [0.29, 0.717) is 16.2 Å². The standard InChI is InChI=1S/C12H16BrFN2OS/c1-7-4-10(14)9(13)5-11(7)16-12(18)15-8(2)6-17-3/h4-5,8H,6H2,1-3H3,(H2,15,16,18). The molecule has 0 aliphatic carbocycles. The fourth-order valence-electron chi connectivity index (χ4n) is 1.45. The van der Waals surface area contributed by atoms with Gasteiger partial charge in [-0.05, 0) is 59.7 Å². The Morgan fingerprint density at radius 1 is 1.56 bits per heavy atom. The number of hydrogen-bond donors (Lipinski definition) is 2. The van der Waals surface area contributed by atoms with E-state index >= 15 is 0 Å². The van der Waals surface area contributed by atoms with E-state index in [1.54, 1.807) is 13.2 Å². The summed E-state index contributed by atoms with van der Waals surface area (Å²) in [5.41, 5.74) is 1.56. The third kappa shape index (κ3) is 4.51. The highest BCUT2D eigenvalue weighted by molar-refractivity contribution is 9.10. The Bertz CT molecular complexity index is 442. The summed E-state index contributed by atoms with van der Waals surface area (Å²) in [6.07, 6.45) is 0. The van der Waals surface area contributed by atoms with Crippen LogP contribution in [0.25, 0.3) is 0 Å². The predicted octanol–water partition coefficient (Wildman–Crippen LogP) is 3.22. The molecule has 0 aliphatic rings. The Labute approximate surface area is 120 Å². The molecule has 0 bridgehead atoms. The van der Waals surface area contributed by atoms with Gasteiger partial charge in [-0.15, -0.1) is 0 Å². The maximum absolute atomic E-state index is 13.3. The smallest absolute Gasteiger partial charge is 0.171 e. The summed E-state index contributed by atoms with van der Waals surface area (Å²) in [6, 6.07) is 3.23. The van der Waals surface area contributed by atoms with Crippen LogP contribution in [0.5, 0.6) is 0 Å². The van der Waals surface area contributed by atoms with Crippen LogP contribution in [-0.4, -0.2) is 24.9 Å². The van der Waals surface area contributed by atoms with Gasteiger partial charge in [-0.2, -0.15) is 0 Å². The summed E-state index contributed by atoms with van der Waals surface area (Å²) in [5, 5.41) is 6.60. The molecule has 0 spiro atoms. The highest BCUT2D eigenvalue weighted by Gasteiger charge is 2.08. The molecule has 100 valence electrons. The zero-order chi connectivity index (χ0) is 13.7. The minimum Gasteiger partial charge on any atom is -0.383 e. The van der Waals surface area contributed by atoms with Crippen molar-refractivity contribution in [2.75, 3.05) is 19.0 Å². The van der Waals surface area contributed by atoms with E-state index < -0.39 is 0 Å². The number of nitrogens with one attached hydrogen (secondary N) is 2. The third-order valence-electron chi connectivity index (χ3n) is 2.31. The maximum atomic E-state index is 13.3. The van der Waals surface area contributed by atoms with Crippen molar-refractivity contribution in [3.63, 3.8) is 0 Å². The molecule has 18 heavy (non-hydrogen) atoms. The molecule has 0 fully saturated rings. The van der Waals surface area contributed by atoms with Gasteiger partial charge >= 0.3 is 0 Å². The van der Waals surface area contributed by atoms with Crippen LogP contribution in [0.2, 0.25) is 0 Å². The second-order valence-electron chi connectivity index (χ2n) is 4.04. The first kappa shape index (κ1) is 15.3. The van der Waals surface area contributed by atoms with Gasteiger partial charge in [0.05, 0.1) is 11.1 Å². The van der Waals surface area contributed by atoms with Crippen LogP contribution in [0.1, 0.15) is 12.5 Å². The lowest BCUT2D eigenvalue weighted by atomic mass is 10.2. The van der Waals surface area contributed by atoms with E-state index in [1.807, 2.05) is 13.8 Å². The first-order valence-electron chi connectivity index (χ1n) is 5.46. The largest absolute Gasteiger partial charge is 0.383 e. The van der Waals surface area contributed by atoms with E-state index in [9.17, 15) is 4.39 Å². The average Bonchev–Trinajstić information content (AvgIpc) is 2.26. The summed E-state index contributed by atoms with van der Waals surface area (Å²) < 4.78 is 18.7. The molecule has 0 saturated heterocycles. The molecular weight excluding hydrogens is 319 g/mol. The second kappa shape index (κ2) is 7.01. The summed E-state index contributed by atoms with van der Waals surface area (Å²) in [7, 11) is 1.63. The zero-order valence-corrected chi connectivity index (χ0v) is 12.9. The number of rotatable bonds is 4. The molecule has 1 aromatic carbocycles. The molecule has 0 aliphatic heterocycles. The van der Waals surface area contributed by atoms with Gasteiger partial charge in [0.25, 0.3) is 0 Å². The van der Waals surface area contributed by atoms with Crippen molar-refractivity contribution in [3.8, 4) is 0 Å². The van der Waals surface area contributed by atoms with Gasteiger partial charge < -0.3 is 15.4 Å². The molecule has 0 radical (unpaired) electrons. The Morgan fingerprint density at radius 3 is 2.83 bits per heavy atom. The van der Waals surface area contributed by atoms with Crippen molar-refractivity contribution in [2.24, 2.45) is 0 Å². The molecule has 1 unspecified atom stereocenters. The SMILES string of the molecule is COCC(C)NC(=S)Nc1cc(Br)c(F)cc1C. The summed E-state index contributed by atoms with van der Waals surface area (Å²) >= 11 is 8.32. The monoisotopic (exact) mass is 334 g/mol. The molecule has 1 rings (SSSR count). The van der Waals surface area contributed by atoms with Gasteiger partial charge in [0.1, 0.15) is 5.82 Å². The van der Waals surface area contributed by atoms with Gasteiger partial charge in [0.2, 0.25) is 0 Å². The van der Waals surface area contributed by atoms with Crippen LogP contribution in [0.3, 0.4) is 0 Å². The normalized spacial score (nSPS) is 12.1. The lowest BCUT2D eigenvalue weighted by molar-refractivity contribution is 0.179. The Morgan fingerprint density at radius 2 is 2.22 bits per heavy atom. The minimum atomic E-state index is -0.287. The van der Waals surface area contributed by atoms with E-state index in [4.69, 9.17) is 17.0 Å². The van der Waals surface area contributed by atoms with Crippen molar-refractivity contribution in [1.29, 1.82) is 0 Å². The lowest BCUT2D eigenvalue weighted by Gasteiger charge is -2.17. The number of thiocarbonyl (C=S) groups is 1. The second-order valence-corrected chi connectivity index (χ2v) is 5.30. The van der Waals surface area contributed by atoms with Crippen molar-refractivity contribution < 1.29 is 9.13 Å². The number of benzene rings is 1. The van der Waals surface area contributed by atoms with Gasteiger partial charge in [0.15, 0.2) is 5.11 Å². The highest BCUT2D eigenvalue weighted by atomic mass is 79.9. The van der Waals surface area contributed by atoms with Gasteiger partial charge in [-0.3, -0.25) is 0 Å². The molecule has 0 heterocycles. The molecule has 1 aromatic rings. The molecular formula is C12H16BrFN2OS. The average molecular weight is 335 g/mol. The zero-order valence-electron chi connectivity index (χ0n) is 10.5. The van der Waals surface area contributed by atoms with Gasteiger partial charge in [0, 0.05) is 18.8 Å².